The molecule has 0 bridgehead atoms. The third-order valence-electron chi connectivity index (χ3n) is 3.66. The normalized spacial score (nSPS) is 10.4. The van der Waals surface area contributed by atoms with Crippen LogP contribution in [-0.2, 0) is 0 Å². The molecule has 0 saturated heterocycles. The van der Waals surface area contributed by atoms with Gasteiger partial charge in [-0.1, -0.05) is 5.16 Å². The molecule has 3 rings (SSSR count). The van der Waals surface area contributed by atoms with Gasteiger partial charge in [0.05, 0.1) is 21.3 Å². The predicted octanol–water partition coefficient (Wildman–Crippen LogP) is 3.59. The molecule has 2 aromatic heterocycles. The highest BCUT2D eigenvalue weighted by atomic mass is 16.5. The van der Waals surface area contributed by atoms with Gasteiger partial charge in [0.15, 0.2) is 17.3 Å². The molecule has 0 fully saturated rings. The second-order valence-electron chi connectivity index (χ2n) is 5.70. The number of hydrogen-bond donors (Lipinski definition) is 2. The molecule has 27 heavy (non-hydrogen) atoms. The lowest BCUT2D eigenvalue weighted by Gasteiger charge is -2.15. The third kappa shape index (κ3) is 4.20. The van der Waals surface area contributed by atoms with Crippen LogP contribution in [0.2, 0.25) is 0 Å². The topological polar surface area (TPSA) is 104 Å². The molecule has 0 aliphatic heterocycles. The van der Waals surface area contributed by atoms with Gasteiger partial charge in [0, 0.05) is 35.6 Å². The molecule has 1 aromatic carbocycles. The average Bonchev–Trinajstić information content (AvgIpc) is 3.04. The fraction of sp³-hybridized carbons (Fsp3) is 0.278. The van der Waals surface area contributed by atoms with Crippen LogP contribution < -0.4 is 24.8 Å². The molecule has 2 N–H and O–H groups in total. The van der Waals surface area contributed by atoms with Crippen LogP contribution in [-0.4, -0.2) is 36.5 Å². The smallest absolute Gasteiger partial charge is 0.229 e. The van der Waals surface area contributed by atoms with Crippen molar-refractivity contribution in [2.24, 2.45) is 0 Å². The summed E-state index contributed by atoms with van der Waals surface area (Å²) in [6.45, 7) is 3.70. The number of aryl methyl sites for hydroxylation is 2. The molecular weight excluding hydrogens is 350 g/mol. The SMILES string of the molecule is COc1cc(Nc2nc(C)cc(Nc3cc(C)on3)n2)cc(OC)c1OC. The first-order valence-electron chi connectivity index (χ1n) is 8.15. The molecule has 142 valence electrons. The van der Waals surface area contributed by atoms with E-state index in [4.69, 9.17) is 18.7 Å². The maximum absolute atomic E-state index is 5.37. The summed E-state index contributed by atoms with van der Waals surface area (Å²) in [6.07, 6.45) is 0. The fourth-order valence-electron chi connectivity index (χ4n) is 2.53. The quantitative estimate of drug-likeness (QED) is 0.644. The fourth-order valence-corrected chi connectivity index (χ4v) is 2.53. The lowest BCUT2D eigenvalue weighted by Crippen LogP contribution is -2.03. The molecular formula is C18H21N5O4. The minimum Gasteiger partial charge on any atom is -0.493 e. The van der Waals surface area contributed by atoms with E-state index < -0.39 is 0 Å². The minimum absolute atomic E-state index is 0.409. The van der Waals surface area contributed by atoms with Crippen LogP contribution in [0.4, 0.5) is 23.3 Å². The molecule has 2 heterocycles. The number of nitrogens with zero attached hydrogens (tertiary/aromatic N) is 3. The van der Waals surface area contributed by atoms with Gasteiger partial charge < -0.3 is 29.4 Å². The van der Waals surface area contributed by atoms with Crippen molar-refractivity contribution in [1.29, 1.82) is 0 Å². The summed E-state index contributed by atoms with van der Waals surface area (Å²) in [4.78, 5) is 8.87. The van der Waals surface area contributed by atoms with E-state index in [0.717, 1.165) is 5.69 Å². The Morgan fingerprint density at radius 3 is 2.07 bits per heavy atom. The van der Waals surface area contributed by atoms with Crippen LogP contribution in [0.25, 0.3) is 0 Å². The highest BCUT2D eigenvalue weighted by molar-refractivity contribution is 5.66. The number of benzene rings is 1. The van der Waals surface area contributed by atoms with E-state index in [1.165, 1.54) is 0 Å². The van der Waals surface area contributed by atoms with Crippen molar-refractivity contribution in [3.8, 4) is 17.2 Å². The van der Waals surface area contributed by atoms with Gasteiger partial charge in [-0.15, -0.1) is 0 Å². The van der Waals surface area contributed by atoms with Gasteiger partial charge in [0.1, 0.15) is 11.6 Å². The van der Waals surface area contributed by atoms with Gasteiger partial charge in [-0.05, 0) is 13.8 Å². The predicted molar refractivity (Wildman–Crippen MR) is 101 cm³/mol. The summed E-state index contributed by atoms with van der Waals surface area (Å²) in [6, 6.07) is 7.15. The van der Waals surface area contributed by atoms with Crippen molar-refractivity contribution >= 4 is 23.3 Å². The zero-order chi connectivity index (χ0) is 19.4. The van der Waals surface area contributed by atoms with Crippen molar-refractivity contribution in [3.63, 3.8) is 0 Å². The Bertz CT molecular complexity index is 916. The molecule has 0 saturated carbocycles. The highest BCUT2D eigenvalue weighted by Gasteiger charge is 2.14. The Balaban J connectivity index is 1.89. The molecule has 9 nitrogen and oxygen atoms in total. The maximum Gasteiger partial charge on any atom is 0.229 e. The maximum atomic E-state index is 5.37. The lowest BCUT2D eigenvalue weighted by molar-refractivity contribution is 0.324. The minimum atomic E-state index is 0.409. The van der Waals surface area contributed by atoms with E-state index in [2.05, 4.69) is 25.8 Å². The van der Waals surface area contributed by atoms with Gasteiger partial charge in [-0.3, -0.25) is 0 Å². The summed E-state index contributed by atoms with van der Waals surface area (Å²) in [7, 11) is 4.68. The van der Waals surface area contributed by atoms with Gasteiger partial charge >= 0.3 is 0 Å². The van der Waals surface area contributed by atoms with E-state index in [9.17, 15) is 0 Å². The summed E-state index contributed by atoms with van der Waals surface area (Å²) in [5.74, 6) is 3.85. The second kappa shape index (κ2) is 7.81. The zero-order valence-corrected chi connectivity index (χ0v) is 15.8. The lowest BCUT2D eigenvalue weighted by atomic mass is 10.2. The number of hydrogen-bond acceptors (Lipinski definition) is 9. The number of aromatic nitrogens is 3. The van der Waals surface area contributed by atoms with Crippen molar-refractivity contribution in [3.05, 3.63) is 35.7 Å². The van der Waals surface area contributed by atoms with Crippen LogP contribution in [0.1, 0.15) is 11.5 Å². The standard InChI is InChI=1S/C18H21N5O4/c1-10-6-15(21-16-7-11(2)27-23-16)22-18(19-10)20-12-8-13(24-3)17(26-5)14(9-12)25-4/h6-9H,1-5H3,(H2,19,20,21,22,23). The first-order chi connectivity index (χ1) is 13.0. The number of nitrogens with one attached hydrogen (secondary N) is 2. The van der Waals surface area contributed by atoms with E-state index in [1.807, 2.05) is 19.9 Å². The van der Waals surface area contributed by atoms with Gasteiger partial charge in [-0.25, -0.2) is 4.98 Å². The van der Waals surface area contributed by atoms with Crippen molar-refractivity contribution < 1.29 is 18.7 Å². The van der Waals surface area contributed by atoms with Gasteiger partial charge in [0.2, 0.25) is 11.7 Å². The third-order valence-corrected chi connectivity index (χ3v) is 3.66. The molecule has 0 spiro atoms. The van der Waals surface area contributed by atoms with Crippen molar-refractivity contribution in [1.82, 2.24) is 15.1 Å². The molecule has 0 amide bonds. The molecule has 0 radical (unpaired) electrons. The van der Waals surface area contributed by atoms with Crippen LogP contribution in [0.15, 0.2) is 28.8 Å². The highest BCUT2D eigenvalue weighted by Crippen LogP contribution is 2.40. The number of anilines is 4. The summed E-state index contributed by atoms with van der Waals surface area (Å²) in [5, 5.41) is 10.1. The van der Waals surface area contributed by atoms with Crippen LogP contribution in [0.5, 0.6) is 17.2 Å². The molecule has 3 aromatic rings. The summed E-state index contributed by atoms with van der Waals surface area (Å²) < 4.78 is 21.1. The molecule has 0 atom stereocenters. The first kappa shape index (κ1) is 18.3. The van der Waals surface area contributed by atoms with Crippen LogP contribution in [0, 0.1) is 13.8 Å². The molecule has 0 aliphatic rings. The Morgan fingerprint density at radius 2 is 1.52 bits per heavy atom. The second-order valence-corrected chi connectivity index (χ2v) is 5.70. The van der Waals surface area contributed by atoms with Crippen molar-refractivity contribution in [2.45, 2.75) is 13.8 Å². The van der Waals surface area contributed by atoms with Crippen LogP contribution in [0.3, 0.4) is 0 Å². The Hall–Kier alpha value is -3.49. The first-order valence-corrected chi connectivity index (χ1v) is 8.15. The number of ether oxygens (including phenoxy) is 3. The number of methoxy groups -OCH3 is 3. The Labute approximate surface area is 156 Å². The average molecular weight is 371 g/mol. The zero-order valence-electron chi connectivity index (χ0n) is 15.8. The molecule has 0 unspecified atom stereocenters. The van der Waals surface area contributed by atoms with E-state index in [-0.39, 0.29) is 0 Å². The Kier molecular flexibility index (Phi) is 5.30. The van der Waals surface area contributed by atoms with Gasteiger partial charge in [-0.2, -0.15) is 4.98 Å². The van der Waals surface area contributed by atoms with Gasteiger partial charge in [0.25, 0.3) is 0 Å². The van der Waals surface area contributed by atoms with E-state index in [0.29, 0.717) is 46.3 Å². The molecule has 0 aliphatic carbocycles. The Morgan fingerprint density at radius 1 is 0.815 bits per heavy atom. The van der Waals surface area contributed by atoms with E-state index >= 15 is 0 Å². The number of rotatable bonds is 7. The van der Waals surface area contributed by atoms with Crippen LogP contribution >= 0.6 is 0 Å². The van der Waals surface area contributed by atoms with E-state index in [1.54, 1.807) is 39.5 Å². The largest absolute Gasteiger partial charge is 0.493 e. The summed E-state index contributed by atoms with van der Waals surface area (Å²) >= 11 is 0. The van der Waals surface area contributed by atoms with Crippen molar-refractivity contribution in [2.75, 3.05) is 32.0 Å². The monoisotopic (exact) mass is 371 g/mol. The summed E-state index contributed by atoms with van der Waals surface area (Å²) in [5.41, 5.74) is 1.47. The molecule has 9 heteroatoms.